The lowest BCUT2D eigenvalue weighted by molar-refractivity contribution is 0.211. The molecule has 3 heterocycles. The van der Waals surface area contributed by atoms with Gasteiger partial charge in [-0.15, -0.1) is 0 Å². The van der Waals surface area contributed by atoms with Crippen molar-refractivity contribution in [3.63, 3.8) is 0 Å². The molecule has 1 aliphatic carbocycles. The summed E-state index contributed by atoms with van der Waals surface area (Å²) in [5, 5.41) is 3.56. The predicted molar refractivity (Wildman–Crippen MR) is 139 cm³/mol. The van der Waals surface area contributed by atoms with Crippen LogP contribution in [0, 0.1) is 18.7 Å². The van der Waals surface area contributed by atoms with Gasteiger partial charge < -0.3 is 31.0 Å². The zero-order valence-corrected chi connectivity index (χ0v) is 21.0. The number of hydrogen-bond donors (Lipinski definition) is 3. The maximum Gasteiger partial charge on any atom is 0.410 e. The van der Waals surface area contributed by atoms with Crippen LogP contribution in [-0.2, 0) is 6.54 Å². The molecule has 0 spiro atoms. The van der Waals surface area contributed by atoms with Crippen molar-refractivity contribution < 1.29 is 13.9 Å². The molecule has 1 aliphatic heterocycles. The number of benzene rings is 1. The number of anilines is 2. The average molecular weight is 509 g/mol. The van der Waals surface area contributed by atoms with E-state index >= 15 is 0 Å². The summed E-state index contributed by atoms with van der Waals surface area (Å²) in [5.74, 6) is 2.48. The summed E-state index contributed by atoms with van der Waals surface area (Å²) in [7, 11) is 0. The van der Waals surface area contributed by atoms with Crippen molar-refractivity contribution in [2.45, 2.75) is 45.1 Å². The lowest BCUT2D eigenvalue weighted by Crippen LogP contribution is -2.35. The number of ether oxygens (including phenoxy) is 1. The molecule has 10 nitrogen and oxygen atoms in total. The first-order valence-electron chi connectivity index (χ1n) is 12.8. The molecule has 196 valence electrons. The van der Waals surface area contributed by atoms with E-state index < -0.39 is 6.09 Å². The van der Waals surface area contributed by atoms with Gasteiger partial charge in [-0.05, 0) is 68.8 Å². The van der Waals surface area contributed by atoms with E-state index in [-0.39, 0.29) is 23.3 Å². The number of primary amides is 1. The largest absolute Gasteiger partial charge is 0.410 e. The molecule has 2 aliphatic rings. The number of rotatable bonds is 9. The molecule has 5 N–H and O–H groups in total. The van der Waals surface area contributed by atoms with Gasteiger partial charge in [-0.2, -0.15) is 0 Å². The van der Waals surface area contributed by atoms with Crippen LogP contribution in [0.25, 0.3) is 11.3 Å². The van der Waals surface area contributed by atoms with Gasteiger partial charge in [0.2, 0.25) is 5.75 Å². The molecule has 11 heteroatoms. The first kappa shape index (κ1) is 24.9. The SMILES string of the molecule is Cc1cc(-c2cn(CCNCC3CC3)c(C3CCN(c4ncnc(N)c4OC(N)=O)CC3)n2)ccc1F. The fraction of sp³-hybridized carbons (Fsp3) is 0.462. The molecule has 1 saturated heterocycles. The average Bonchev–Trinajstić information content (AvgIpc) is 3.62. The van der Waals surface area contributed by atoms with E-state index in [1.54, 1.807) is 13.0 Å². The molecule has 1 amide bonds. The molecule has 1 saturated carbocycles. The maximum atomic E-state index is 13.9. The highest BCUT2D eigenvalue weighted by Gasteiger charge is 2.28. The molecule has 1 aromatic carbocycles. The number of carbonyl (C=O) groups is 1. The van der Waals surface area contributed by atoms with Crippen LogP contribution in [0.2, 0.25) is 0 Å². The fourth-order valence-electron chi connectivity index (χ4n) is 4.86. The van der Waals surface area contributed by atoms with E-state index in [1.807, 2.05) is 11.0 Å². The molecule has 0 unspecified atom stereocenters. The molecule has 2 fully saturated rings. The minimum atomic E-state index is -0.960. The topological polar surface area (TPSA) is 137 Å². The Balaban J connectivity index is 1.34. The molecule has 2 aromatic heterocycles. The van der Waals surface area contributed by atoms with Gasteiger partial charge in [-0.3, -0.25) is 0 Å². The standard InChI is InChI=1S/C26H33FN8O2/c1-16-12-19(4-5-20(16)27)21-14-35(11-8-30-13-17-2-3-17)24(33-21)18-6-9-34(10-7-18)25-22(37-26(29)36)23(28)31-15-32-25/h4-5,12,14-15,17-18,30H,2-3,6-11,13H2,1H3,(H2,29,36)(H2,28,31,32). The normalized spacial score (nSPS) is 16.2. The Hall–Kier alpha value is -3.73. The third kappa shape index (κ3) is 5.82. The van der Waals surface area contributed by atoms with Crippen molar-refractivity contribution in [1.82, 2.24) is 24.8 Å². The maximum absolute atomic E-state index is 13.9. The van der Waals surface area contributed by atoms with Crippen LogP contribution in [0.3, 0.4) is 0 Å². The number of nitrogens with two attached hydrogens (primary N) is 2. The van der Waals surface area contributed by atoms with Gasteiger partial charge in [-0.25, -0.2) is 24.1 Å². The number of nitrogen functional groups attached to an aromatic ring is 1. The van der Waals surface area contributed by atoms with Crippen molar-refractivity contribution in [3.05, 3.63) is 47.9 Å². The molecule has 37 heavy (non-hydrogen) atoms. The number of hydrogen-bond acceptors (Lipinski definition) is 8. The Morgan fingerprint density at radius 1 is 1.22 bits per heavy atom. The van der Waals surface area contributed by atoms with Gasteiger partial charge in [0.25, 0.3) is 0 Å². The zero-order chi connectivity index (χ0) is 25.9. The van der Waals surface area contributed by atoms with Crippen LogP contribution in [0.15, 0.2) is 30.7 Å². The number of aromatic nitrogens is 4. The van der Waals surface area contributed by atoms with Gasteiger partial charge in [0.05, 0.1) is 5.69 Å². The second kappa shape index (κ2) is 10.7. The number of halogens is 1. The number of amides is 1. The van der Waals surface area contributed by atoms with Gasteiger partial charge in [-0.1, -0.05) is 0 Å². The molecule has 0 atom stereocenters. The Kier molecular flexibility index (Phi) is 7.22. The van der Waals surface area contributed by atoms with Gasteiger partial charge in [0, 0.05) is 43.9 Å². The highest BCUT2D eigenvalue weighted by Crippen LogP contribution is 2.36. The fourth-order valence-corrected chi connectivity index (χ4v) is 4.86. The highest BCUT2D eigenvalue weighted by molar-refractivity contribution is 5.74. The number of aryl methyl sites for hydroxylation is 1. The number of piperidine rings is 1. The van der Waals surface area contributed by atoms with E-state index in [0.717, 1.165) is 55.5 Å². The first-order chi connectivity index (χ1) is 17.9. The Bertz CT molecular complexity index is 1270. The smallest absolute Gasteiger partial charge is 0.403 e. The summed E-state index contributed by atoms with van der Waals surface area (Å²) < 4.78 is 21.2. The van der Waals surface area contributed by atoms with Crippen molar-refractivity contribution in [2.75, 3.05) is 36.8 Å². The summed E-state index contributed by atoms with van der Waals surface area (Å²) in [4.78, 5) is 26.7. The minimum Gasteiger partial charge on any atom is -0.403 e. The summed E-state index contributed by atoms with van der Waals surface area (Å²) in [6.07, 6.45) is 6.77. The monoisotopic (exact) mass is 508 g/mol. The lowest BCUT2D eigenvalue weighted by Gasteiger charge is -2.33. The summed E-state index contributed by atoms with van der Waals surface area (Å²) >= 11 is 0. The van der Waals surface area contributed by atoms with Crippen LogP contribution in [0.4, 0.5) is 20.8 Å². The summed E-state index contributed by atoms with van der Waals surface area (Å²) in [5.41, 5.74) is 13.5. The van der Waals surface area contributed by atoms with Crippen LogP contribution in [-0.4, -0.2) is 51.8 Å². The van der Waals surface area contributed by atoms with E-state index in [0.29, 0.717) is 24.5 Å². The predicted octanol–water partition coefficient (Wildman–Crippen LogP) is 3.21. The Labute approximate surface area is 215 Å². The van der Waals surface area contributed by atoms with Gasteiger partial charge >= 0.3 is 6.09 Å². The third-order valence-electron chi connectivity index (χ3n) is 7.10. The Morgan fingerprint density at radius 3 is 2.70 bits per heavy atom. The van der Waals surface area contributed by atoms with E-state index in [1.165, 1.54) is 25.2 Å². The number of imidazole rings is 1. The van der Waals surface area contributed by atoms with Crippen LogP contribution in [0.5, 0.6) is 5.75 Å². The number of nitrogens with zero attached hydrogens (tertiary/aromatic N) is 5. The van der Waals surface area contributed by atoms with Gasteiger partial charge in [0.15, 0.2) is 11.6 Å². The van der Waals surface area contributed by atoms with Crippen molar-refractivity contribution in [2.24, 2.45) is 11.7 Å². The summed E-state index contributed by atoms with van der Waals surface area (Å²) in [6.45, 7) is 5.86. The zero-order valence-electron chi connectivity index (χ0n) is 21.0. The summed E-state index contributed by atoms with van der Waals surface area (Å²) in [6, 6.07) is 5.13. The minimum absolute atomic E-state index is 0.0689. The first-order valence-corrected chi connectivity index (χ1v) is 12.8. The third-order valence-corrected chi connectivity index (χ3v) is 7.10. The van der Waals surface area contributed by atoms with E-state index in [4.69, 9.17) is 21.2 Å². The molecule has 0 radical (unpaired) electrons. The van der Waals surface area contributed by atoms with Crippen LogP contribution >= 0.6 is 0 Å². The molecular weight excluding hydrogens is 475 g/mol. The Morgan fingerprint density at radius 2 is 2.00 bits per heavy atom. The molecular formula is C26H33FN8O2. The van der Waals surface area contributed by atoms with E-state index in [9.17, 15) is 9.18 Å². The second-order valence-corrected chi connectivity index (χ2v) is 9.88. The number of carbonyl (C=O) groups excluding carboxylic acids is 1. The van der Waals surface area contributed by atoms with E-state index in [2.05, 4.69) is 26.0 Å². The van der Waals surface area contributed by atoms with Crippen molar-refractivity contribution >= 4 is 17.7 Å². The van der Waals surface area contributed by atoms with Crippen LogP contribution in [0.1, 0.15) is 43.0 Å². The van der Waals surface area contributed by atoms with Gasteiger partial charge in [0.1, 0.15) is 18.0 Å². The number of nitrogens with one attached hydrogen (secondary N) is 1. The second-order valence-electron chi connectivity index (χ2n) is 9.88. The quantitative estimate of drug-likeness (QED) is 0.375. The molecule has 3 aromatic rings. The lowest BCUT2D eigenvalue weighted by atomic mass is 9.95. The van der Waals surface area contributed by atoms with Crippen molar-refractivity contribution in [1.29, 1.82) is 0 Å². The molecule has 5 rings (SSSR count). The van der Waals surface area contributed by atoms with Crippen molar-refractivity contribution in [3.8, 4) is 17.0 Å². The molecule has 0 bridgehead atoms. The highest BCUT2D eigenvalue weighted by atomic mass is 19.1. The van der Waals surface area contributed by atoms with Crippen LogP contribution < -0.4 is 26.4 Å².